The molecule has 3 rings (SSSR count). The van der Waals surface area contributed by atoms with E-state index in [1.165, 1.54) is 0 Å². The molecule has 1 heterocycles. The van der Waals surface area contributed by atoms with Crippen LogP contribution in [0.3, 0.4) is 0 Å². The van der Waals surface area contributed by atoms with Crippen LogP contribution in [0, 0.1) is 0 Å². The molecule has 27 heavy (non-hydrogen) atoms. The lowest BCUT2D eigenvalue weighted by Gasteiger charge is -2.13. The Labute approximate surface area is 162 Å². The molecule has 0 spiro atoms. The number of fused-ring (bicyclic) bond motifs is 1. The second-order valence-corrected chi connectivity index (χ2v) is 7.49. The third kappa shape index (κ3) is 5.04. The fourth-order valence-electron chi connectivity index (χ4n) is 2.61. The van der Waals surface area contributed by atoms with Crippen molar-refractivity contribution in [3.05, 3.63) is 59.1 Å². The Balaban J connectivity index is 1.44. The van der Waals surface area contributed by atoms with Gasteiger partial charge in [-0.3, -0.25) is 20.4 Å². The molecule has 0 atom stereocenters. The van der Waals surface area contributed by atoms with Crippen molar-refractivity contribution in [1.29, 1.82) is 0 Å². The van der Waals surface area contributed by atoms with E-state index in [1.54, 1.807) is 23.5 Å². The molecule has 0 saturated heterocycles. The van der Waals surface area contributed by atoms with E-state index >= 15 is 0 Å². The maximum atomic E-state index is 12.2. The highest BCUT2D eigenvalue weighted by atomic mass is 32.1. The molecule has 0 aliphatic rings. The number of nitrogens with zero attached hydrogens (tertiary/aromatic N) is 2. The summed E-state index contributed by atoms with van der Waals surface area (Å²) >= 11 is 1.65. The van der Waals surface area contributed by atoms with Crippen LogP contribution in [0.2, 0.25) is 0 Å². The van der Waals surface area contributed by atoms with Crippen LogP contribution in [0.5, 0.6) is 0 Å². The van der Waals surface area contributed by atoms with Crippen LogP contribution in [-0.2, 0) is 11.2 Å². The quantitative estimate of drug-likeness (QED) is 0.642. The van der Waals surface area contributed by atoms with E-state index in [4.69, 9.17) is 0 Å². The van der Waals surface area contributed by atoms with Gasteiger partial charge in [-0.15, -0.1) is 11.3 Å². The number of carbonyl (C=O) groups excluding carboxylic acids is 2. The Morgan fingerprint density at radius 1 is 1.07 bits per heavy atom. The zero-order chi connectivity index (χ0) is 19.2. The molecule has 2 N–H and O–H groups in total. The van der Waals surface area contributed by atoms with Gasteiger partial charge >= 0.3 is 0 Å². The van der Waals surface area contributed by atoms with E-state index < -0.39 is 0 Å². The summed E-state index contributed by atoms with van der Waals surface area (Å²) in [7, 11) is 3.81. The molecule has 0 bridgehead atoms. The SMILES string of the molecule is CN(C)c1cccc(C(=O)NNC(=O)CCCc2nc3ccccc3s2)c1. The van der Waals surface area contributed by atoms with E-state index in [0.717, 1.165) is 27.3 Å². The smallest absolute Gasteiger partial charge is 0.269 e. The van der Waals surface area contributed by atoms with Crippen LogP contribution in [0.4, 0.5) is 5.69 Å². The van der Waals surface area contributed by atoms with E-state index in [0.29, 0.717) is 18.4 Å². The minimum atomic E-state index is -0.335. The molecule has 1 aromatic heterocycles. The number of rotatable bonds is 6. The summed E-state index contributed by atoms with van der Waals surface area (Å²) in [6.07, 6.45) is 1.75. The Morgan fingerprint density at radius 2 is 1.89 bits per heavy atom. The summed E-state index contributed by atoms with van der Waals surface area (Å²) in [5.41, 5.74) is 7.35. The van der Waals surface area contributed by atoms with Gasteiger partial charge in [-0.25, -0.2) is 4.98 Å². The van der Waals surface area contributed by atoms with Gasteiger partial charge in [0.05, 0.1) is 15.2 Å². The first-order chi connectivity index (χ1) is 13.0. The molecule has 0 unspecified atom stereocenters. The van der Waals surface area contributed by atoms with Crippen LogP contribution >= 0.6 is 11.3 Å². The van der Waals surface area contributed by atoms with Crippen molar-refractivity contribution < 1.29 is 9.59 Å². The summed E-state index contributed by atoms with van der Waals surface area (Å²) in [5, 5.41) is 1.02. The highest BCUT2D eigenvalue weighted by Gasteiger charge is 2.09. The maximum absolute atomic E-state index is 12.2. The molecule has 7 heteroatoms. The number of hydrogen-bond donors (Lipinski definition) is 2. The molecule has 6 nitrogen and oxygen atoms in total. The van der Waals surface area contributed by atoms with E-state index in [-0.39, 0.29) is 11.8 Å². The summed E-state index contributed by atoms with van der Waals surface area (Å²) in [4.78, 5) is 30.6. The number of aryl methyl sites for hydroxylation is 1. The number of para-hydroxylation sites is 1. The highest BCUT2D eigenvalue weighted by Crippen LogP contribution is 2.22. The van der Waals surface area contributed by atoms with Crippen LogP contribution in [0.25, 0.3) is 10.2 Å². The largest absolute Gasteiger partial charge is 0.378 e. The first kappa shape index (κ1) is 18.8. The Kier molecular flexibility index (Phi) is 6.03. The average Bonchev–Trinajstić information content (AvgIpc) is 3.09. The predicted octanol–water partition coefficient (Wildman–Crippen LogP) is 3.15. The average molecular weight is 382 g/mol. The van der Waals surface area contributed by atoms with Crippen LogP contribution in [-0.4, -0.2) is 30.9 Å². The number of thiazole rings is 1. The molecule has 0 saturated carbocycles. The number of anilines is 1. The Morgan fingerprint density at radius 3 is 2.67 bits per heavy atom. The lowest BCUT2D eigenvalue weighted by Crippen LogP contribution is -2.41. The minimum absolute atomic E-state index is 0.215. The molecule has 0 radical (unpaired) electrons. The van der Waals surface area contributed by atoms with E-state index in [9.17, 15) is 9.59 Å². The monoisotopic (exact) mass is 382 g/mol. The zero-order valence-electron chi connectivity index (χ0n) is 15.4. The fraction of sp³-hybridized carbons (Fsp3) is 0.250. The second-order valence-electron chi connectivity index (χ2n) is 6.38. The normalized spacial score (nSPS) is 10.6. The number of amides is 2. The van der Waals surface area contributed by atoms with Crippen LogP contribution in [0.1, 0.15) is 28.2 Å². The molecule has 3 aromatic rings. The summed E-state index contributed by atoms with van der Waals surface area (Å²) in [5.74, 6) is -0.550. The summed E-state index contributed by atoms with van der Waals surface area (Å²) in [6.45, 7) is 0. The standard InChI is InChI=1S/C20H22N4O2S/c1-24(2)15-8-5-7-14(13-15)20(26)23-22-18(25)11-6-12-19-21-16-9-3-4-10-17(16)27-19/h3-5,7-10,13H,6,11-12H2,1-2H3,(H,22,25)(H,23,26). The van der Waals surface area contributed by atoms with E-state index in [1.807, 2.05) is 55.4 Å². The van der Waals surface area contributed by atoms with Gasteiger partial charge in [-0.05, 0) is 43.2 Å². The third-order valence-electron chi connectivity index (χ3n) is 4.07. The first-order valence-corrected chi connectivity index (χ1v) is 9.55. The van der Waals surface area contributed by atoms with Crippen molar-refractivity contribution in [3.8, 4) is 0 Å². The highest BCUT2D eigenvalue weighted by molar-refractivity contribution is 7.18. The van der Waals surface area contributed by atoms with Gasteiger partial charge in [-0.1, -0.05) is 18.2 Å². The molecular weight excluding hydrogens is 360 g/mol. The van der Waals surface area contributed by atoms with Gasteiger partial charge < -0.3 is 4.90 Å². The van der Waals surface area contributed by atoms with Crippen molar-refractivity contribution in [2.45, 2.75) is 19.3 Å². The number of nitrogens with one attached hydrogen (secondary N) is 2. The van der Waals surface area contributed by atoms with Gasteiger partial charge in [0, 0.05) is 31.8 Å². The third-order valence-corrected chi connectivity index (χ3v) is 5.17. The minimum Gasteiger partial charge on any atom is -0.378 e. The van der Waals surface area contributed by atoms with Crippen molar-refractivity contribution in [2.75, 3.05) is 19.0 Å². The van der Waals surface area contributed by atoms with Crippen molar-refractivity contribution in [2.24, 2.45) is 0 Å². The van der Waals surface area contributed by atoms with Crippen molar-refractivity contribution >= 4 is 39.1 Å². The zero-order valence-corrected chi connectivity index (χ0v) is 16.2. The van der Waals surface area contributed by atoms with Crippen LogP contribution < -0.4 is 15.8 Å². The number of carbonyl (C=O) groups is 2. The first-order valence-electron chi connectivity index (χ1n) is 8.74. The van der Waals surface area contributed by atoms with Crippen molar-refractivity contribution in [1.82, 2.24) is 15.8 Å². The molecule has 0 aliphatic heterocycles. The van der Waals surface area contributed by atoms with Crippen LogP contribution in [0.15, 0.2) is 48.5 Å². The Hall–Kier alpha value is -2.93. The predicted molar refractivity (Wildman–Crippen MR) is 109 cm³/mol. The van der Waals surface area contributed by atoms with Gasteiger partial charge in [0.25, 0.3) is 5.91 Å². The van der Waals surface area contributed by atoms with Gasteiger partial charge in [0.1, 0.15) is 0 Å². The molecular formula is C20H22N4O2S. The van der Waals surface area contributed by atoms with Crippen molar-refractivity contribution in [3.63, 3.8) is 0 Å². The summed E-state index contributed by atoms with van der Waals surface area (Å²) in [6, 6.07) is 15.2. The molecule has 2 aromatic carbocycles. The number of aromatic nitrogens is 1. The molecule has 0 fully saturated rings. The number of hydrazine groups is 1. The van der Waals surface area contributed by atoms with Gasteiger partial charge in [0.2, 0.25) is 5.91 Å². The van der Waals surface area contributed by atoms with Gasteiger partial charge in [0.15, 0.2) is 0 Å². The second kappa shape index (κ2) is 8.64. The van der Waals surface area contributed by atoms with Gasteiger partial charge in [-0.2, -0.15) is 0 Å². The molecule has 140 valence electrons. The maximum Gasteiger partial charge on any atom is 0.269 e. The number of benzene rings is 2. The lowest BCUT2D eigenvalue weighted by molar-refractivity contribution is -0.121. The molecule has 0 aliphatic carbocycles. The topological polar surface area (TPSA) is 74.3 Å². The number of hydrogen-bond acceptors (Lipinski definition) is 5. The summed E-state index contributed by atoms with van der Waals surface area (Å²) < 4.78 is 1.16. The lowest BCUT2D eigenvalue weighted by atomic mass is 10.2. The molecule has 2 amide bonds. The fourth-order valence-corrected chi connectivity index (χ4v) is 3.62. The Bertz CT molecular complexity index is 919. The van der Waals surface area contributed by atoms with E-state index in [2.05, 4.69) is 15.8 Å².